The van der Waals surface area contributed by atoms with Crippen LogP contribution in [0.2, 0.25) is 0 Å². The molecule has 0 aromatic heterocycles. The van der Waals surface area contributed by atoms with E-state index >= 15 is 0 Å². The number of nitrogens with one attached hydrogen (secondary N) is 2. The zero-order chi connectivity index (χ0) is 23.7. The Morgan fingerprint density at radius 3 is 2.58 bits per heavy atom. The molecule has 0 aliphatic carbocycles. The fraction of sp³-hybridized carbons (Fsp3) is 0.400. The number of likely N-dealkylation sites (tertiary alicyclic amines) is 1. The number of para-hydroxylation sites is 1. The van der Waals surface area contributed by atoms with Gasteiger partial charge in [-0.2, -0.15) is 5.26 Å². The van der Waals surface area contributed by atoms with E-state index in [1.807, 2.05) is 43.4 Å². The summed E-state index contributed by atoms with van der Waals surface area (Å²) >= 11 is 0. The molecule has 1 amide bonds. The average molecular weight is 450 g/mol. The summed E-state index contributed by atoms with van der Waals surface area (Å²) in [6.45, 7) is 4.41. The van der Waals surface area contributed by atoms with Gasteiger partial charge in [-0.1, -0.05) is 24.3 Å². The van der Waals surface area contributed by atoms with Crippen LogP contribution in [0.3, 0.4) is 0 Å². The number of nitrogens with zero attached hydrogens (tertiary/aromatic N) is 3. The number of ether oxygens (including phenoxy) is 2. The second kappa shape index (κ2) is 11.2. The number of piperidine rings is 1. The molecule has 33 heavy (non-hydrogen) atoms. The third-order valence-electron chi connectivity index (χ3n) is 6.12. The molecule has 8 nitrogen and oxygen atoms in total. The summed E-state index contributed by atoms with van der Waals surface area (Å²) in [5.74, 6) is 1.75. The van der Waals surface area contributed by atoms with Crippen molar-refractivity contribution < 1.29 is 14.3 Å². The molecule has 174 valence electrons. The third kappa shape index (κ3) is 5.55. The van der Waals surface area contributed by atoms with Gasteiger partial charge in [-0.15, -0.1) is 0 Å². The Bertz CT molecular complexity index is 1020. The molecule has 0 saturated carbocycles. The van der Waals surface area contributed by atoms with E-state index in [4.69, 9.17) is 14.7 Å². The number of guanidine groups is 1. The van der Waals surface area contributed by atoms with E-state index < -0.39 is 0 Å². The lowest BCUT2D eigenvalue weighted by Gasteiger charge is -2.43. The molecule has 2 aromatic rings. The first-order valence-corrected chi connectivity index (χ1v) is 11.1. The Labute approximate surface area is 195 Å². The van der Waals surface area contributed by atoms with Crippen LogP contribution >= 0.6 is 0 Å². The van der Waals surface area contributed by atoms with Gasteiger partial charge in [0.05, 0.1) is 19.8 Å². The largest absolute Gasteiger partial charge is 0.497 e. The molecule has 0 bridgehead atoms. The number of hydrogen-bond donors (Lipinski definition) is 2. The van der Waals surface area contributed by atoms with Crippen molar-refractivity contribution in [2.75, 3.05) is 40.4 Å². The van der Waals surface area contributed by atoms with Crippen molar-refractivity contribution in [1.29, 1.82) is 5.26 Å². The van der Waals surface area contributed by atoms with E-state index in [0.29, 0.717) is 43.5 Å². The van der Waals surface area contributed by atoms with Gasteiger partial charge in [0.1, 0.15) is 11.5 Å². The summed E-state index contributed by atoms with van der Waals surface area (Å²) < 4.78 is 10.8. The van der Waals surface area contributed by atoms with Gasteiger partial charge in [-0.05, 0) is 49.6 Å². The van der Waals surface area contributed by atoms with Crippen molar-refractivity contribution >= 4 is 11.9 Å². The van der Waals surface area contributed by atoms with Crippen molar-refractivity contribution in [3.63, 3.8) is 0 Å². The van der Waals surface area contributed by atoms with Crippen LogP contribution in [-0.2, 0) is 5.41 Å². The van der Waals surface area contributed by atoms with Crippen LogP contribution < -0.4 is 20.1 Å². The molecular weight excluding hydrogens is 418 g/mol. The minimum absolute atomic E-state index is 0.170. The van der Waals surface area contributed by atoms with Crippen LogP contribution in [0.4, 0.5) is 0 Å². The lowest BCUT2D eigenvalue weighted by molar-refractivity contribution is 0.0929. The van der Waals surface area contributed by atoms with Crippen LogP contribution in [0.1, 0.15) is 35.7 Å². The number of carbonyl (C=O) groups is 1. The molecule has 1 saturated heterocycles. The smallest absolute Gasteiger partial charge is 0.255 e. The number of hydrogen-bond acceptors (Lipinski definition) is 5. The highest BCUT2D eigenvalue weighted by molar-refractivity contribution is 5.97. The lowest BCUT2D eigenvalue weighted by Crippen LogP contribution is -2.52. The van der Waals surface area contributed by atoms with Crippen LogP contribution in [0, 0.1) is 11.5 Å². The molecule has 2 aromatic carbocycles. The Morgan fingerprint density at radius 1 is 1.15 bits per heavy atom. The molecule has 0 atom stereocenters. The van der Waals surface area contributed by atoms with E-state index in [9.17, 15) is 4.79 Å². The topological polar surface area (TPSA) is 99.0 Å². The van der Waals surface area contributed by atoms with Gasteiger partial charge in [-0.25, -0.2) is 0 Å². The number of amides is 1. The first kappa shape index (κ1) is 23.9. The molecular formula is C25H31N5O3. The quantitative estimate of drug-likeness (QED) is 0.292. The first-order chi connectivity index (χ1) is 16.1. The molecule has 3 rings (SSSR count). The maximum absolute atomic E-state index is 13.0. The van der Waals surface area contributed by atoms with Crippen molar-refractivity contribution in [3.8, 4) is 17.7 Å². The number of methoxy groups -OCH3 is 2. The average Bonchev–Trinajstić information content (AvgIpc) is 2.87. The molecule has 0 spiro atoms. The number of carbonyl (C=O) groups excluding carboxylic acids is 1. The third-order valence-corrected chi connectivity index (χ3v) is 6.12. The van der Waals surface area contributed by atoms with E-state index in [1.165, 1.54) is 0 Å². The Kier molecular flexibility index (Phi) is 8.14. The predicted molar refractivity (Wildman–Crippen MR) is 128 cm³/mol. The second-order valence-electron chi connectivity index (χ2n) is 7.92. The van der Waals surface area contributed by atoms with Crippen molar-refractivity contribution in [3.05, 3.63) is 59.7 Å². The molecule has 0 radical (unpaired) electrons. The highest BCUT2D eigenvalue weighted by Gasteiger charge is 2.38. The lowest BCUT2D eigenvalue weighted by atomic mass is 9.72. The van der Waals surface area contributed by atoms with E-state index in [1.54, 1.807) is 26.4 Å². The van der Waals surface area contributed by atoms with Crippen molar-refractivity contribution in [2.24, 2.45) is 4.99 Å². The summed E-state index contributed by atoms with van der Waals surface area (Å²) in [4.78, 5) is 19.5. The number of aliphatic imine (C=N–C) groups is 1. The molecule has 1 aliphatic heterocycles. The van der Waals surface area contributed by atoms with Gasteiger partial charge < -0.3 is 19.7 Å². The molecule has 1 aliphatic rings. The molecule has 1 heterocycles. The number of benzene rings is 2. The minimum Gasteiger partial charge on any atom is -0.497 e. The van der Waals surface area contributed by atoms with E-state index in [2.05, 4.69) is 26.6 Å². The molecule has 8 heteroatoms. The minimum atomic E-state index is -0.285. The fourth-order valence-corrected chi connectivity index (χ4v) is 4.26. The Morgan fingerprint density at radius 2 is 1.91 bits per heavy atom. The van der Waals surface area contributed by atoms with Crippen LogP contribution in [0.5, 0.6) is 11.5 Å². The Balaban J connectivity index is 1.84. The summed E-state index contributed by atoms with van der Waals surface area (Å²) in [5.41, 5.74) is 1.34. The normalized spacial score (nSPS) is 15.3. The molecule has 1 fully saturated rings. The second-order valence-corrected chi connectivity index (χ2v) is 7.92. The van der Waals surface area contributed by atoms with Gasteiger partial charge >= 0.3 is 0 Å². The summed E-state index contributed by atoms with van der Waals surface area (Å²) in [6.07, 6.45) is 3.54. The molecule has 2 N–H and O–H groups in total. The SMILES string of the molecule is CCN=C(NC#N)N1CCC(CNC(=O)c2ccccc2OC)(c2cccc(OC)c2)CC1. The van der Waals surface area contributed by atoms with Gasteiger partial charge in [-0.3, -0.25) is 15.1 Å². The summed E-state index contributed by atoms with van der Waals surface area (Å²) in [7, 11) is 3.21. The van der Waals surface area contributed by atoms with E-state index in [0.717, 1.165) is 24.2 Å². The van der Waals surface area contributed by atoms with Crippen molar-refractivity contribution in [2.45, 2.75) is 25.2 Å². The van der Waals surface area contributed by atoms with Crippen LogP contribution in [-0.4, -0.2) is 57.2 Å². The highest BCUT2D eigenvalue weighted by atomic mass is 16.5. The summed E-state index contributed by atoms with van der Waals surface area (Å²) in [5, 5.41) is 14.9. The maximum atomic E-state index is 13.0. The maximum Gasteiger partial charge on any atom is 0.255 e. The van der Waals surface area contributed by atoms with Gasteiger partial charge in [0, 0.05) is 31.6 Å². The predicted octanol–water partition coefficient (Wildman–Crippen LogP) is 2.91. The monoisotopic (exact) mass is 449 g/mol. The molecule has 0 unspecified atom stereocenters. The van der Waals surface area contributed by atoms with Crippen LogP contribution in [0.25, 0.3) is 0 Å². The van der Waals surface area contributed by atoms with Gasteiger partial charge in [0.2, 0.25) is 5.96 Å². The number of rotatable bonds is 7. The van der Waals surface area contributed by atoms with Gasteiger partial charge in [0.15, 0.2) is 6.19 Å². The highest BCUT2D eigenvalue weighted by Crippen LogP contribution is 2.37. The summed E-state index contributed by atoms with van der Waals surface area (Å²) in [6, 6.07) is 15.2. The van der Waals surface area contributed by atoms with Crippen molar-refractivity contribution in [1.82, 2.24) is 15.5 Å². The standard InChI is InChI=1S/C25H31N5O3/c1-4-27-24(29-18-26)30-14-12-25(13-15-30,19-8-7-9-20(16-19)32-2)17-28-23(31)21-10-5-6-11-22(21)33-3/h5-11,16H,4,12-15,17H2,1-3H3,(H,27,29)(H,28,31). The van der Waals surface area contributed by atoms with E-state index in [-0.39, 0.29) is 11.3 Å². The zero-order valence-corrected chi connectivity index (χ0v) is 19.4. The Hall–Kier alpha value is -3.73. The first-order valence-electron chi connectivity index (χ1n) is 11.1. The van der Waals surface area contributed by atoms with Gasteiger partial charge in [0.25, 0.3) is 5.91 Å². The zero-order valence-electron chi connectivity index (χ0n) is 19.4. The fourth-order valence-electron chi connectivity index (χ4n) is 4.26. The number of nitriles is 1. The van der Waals surface area contributed by atoms with Crippen LogP contribution in [0.15, 0.2) is 53.5 Å².